The van der Waals surface area contributed by atoms with Crippen LogP contribution in [0.4, 0.5) is 0 Å². The first-order valence-corrected chi connectivity index (χ1v) is 15.4. The Hall–Kier alpha value is -4.56. The number of hydrogen-bond donors (Lipinski definition) is 1. The topological polar surface area (TPSA) is 73.8 Å². The number of fused-ring (bicyclic) bond motifs is 2. The van der Waals surface area contributed by atoms with Crippen molar-refractivity contribution in [1.82, 2.24) is 23.4 Å². The van der Waals surface area contributed by atoms with Gasteiger partial charge in [-0.25, -0.2) is 9.78 Å². The zero-order valence-electron chi connectivity index (χ0n) is 24.7. The number of imidazole rings is 2. The SMILES string of the molecule is Cc1ccccc1SNC(=O)c1ccc(Cn2c(=O)n(Cc3nc4ccccc4n3CCC(C)C)c3ccccc32)cc1. The molecule has 0 spiro atoms. The summed E-state index contributed by atoms with van der Waals surface area (Å²) in [5.41, 5.74) is 6.32. The van der Waals surface area contributed by atoms with Crippen LogP contribution in [0.2, 0.25) is 0 Å². The highest BCUT2D eigenvalue weighted by molar-refractivity contribution is 7.98. The molecule has 0 bridgehead atoms. The van der Waals surface area contributed by atoms with Crippen LogP contribution in [-0.4, -0.2) is 24.6 Å². The quantitative estimate of drug-likeness (QED) is 0.174. The lowest BCUT2D eigenvalue weighted by Gasteiger charge is -2.11. The van der Waals surface area contributed by atoms with E-state index in [9.17, 15) is 9.59 Å². The van der Waals surface area contributed by atoms with E-state index in [1.165, 1.54) is 11.9 Å². The third-order valence-electron chi connectivity index (χ3n) is 7.79. The number of amides is 1. The number of para-hydroxylation sites is 4. The van der Waals surface area contributed by atoms with Gasteiger partial charge < -0.3 is 4.57 Å². The molecule has 6 rings (SSSR count). The molecule has 4 aromatic carbocycles. The van der Waals surface area contributed by atoms with Gasteiger partial charge in [-0.1, -0.05) is 68.4 Å². The molecule has 0 saturated carbocycles. The summed E-state index contributed by atoms with van der Waals surface area (Å²) in [6.07, 6.45) is 1.03. The summed E-state index contributed by atoms with van der Waals surface area (Å²) in [5, 5.41) is 0. The van der Waals surface area contributed by atoms with E-state index in [1.807, 2.05) is 102 Å². The molecule has 0 aliphatic carbocycles. The summed E-state index contributed by atoms with van der Waals surface area (Å²) in [6.45, 7) is 8.10. The summed E-state index contributed by atoms with van der Waals surface area (Å²) in [5.74, 6) is 1.28. The van der Waals surface area contributed by atoms with Crippen molar-refractivity contribution in [3.63, 3.8) is 0 Å². The number of carbonyl (C=O) groups excluding carboxylic acids is 1. The van der Waals surface area contributed by atoms with Crippen molar-refractivity contribution < 1.29 is 4.79 Å². The molecule has 1 N–H and O–H groups in total. The van der Waals surface area contributed by atoms with E-state index in [0.717, 1.165) is 56.9 Å². The van der Waals surface area contributed by atoms with Crippen LogP contribution < -0.4 is 10.4 Å². The average Bonchev–Trinajstić information content (AvgIpc) is 3.50. The van der Waals surface area contributed by atoms with Crippen LogP contribution in [0.5, 0.6) is 0 Å². The third-order valence-corrected chi connectivity index (χ3v) is 8.76. The van der Waals surface area contributed by atoms with Crippen molar-refractivity contribution in [2.24, 2.45) is 5.92 Å². The number of nitrogens with zero attached hydrogens (tertiary/aromatic N) is 4. The van der Waals surface area contributed by atoms with E-state index < -0.39 is 0 Å². The minimum atomic E-state index is -0.158. The van der Waals surface area contributed by atoms with Gasteiger partial charge in [-0.2, -0.15) is 0 Å². The zero-order valence-corrected chi connectivity index (χ0v) is 25.5. The van der Waals surface area contributed by atoms with Gasteiger partial charge in [-0.05, 0) is 84.8 Å². The summed E-state index contributed by atoms with van der Waals surface area (Å²) in [6, 6.07) is 31.5. The Kier molecular flexibility index (Phi) is 8.20. The maximum absolute atomic E-state index is 13.9. The lowest BCUT2D eigenvalue weighted by Crippen LogP contribution is -2.26. The molecule has 43 heavy (non-hydrogen) atoms. The van der Waals surface area contributed by atoms with Crippen molar-refractivity contribution in [3.8, 4) is 0 Å². The lowest BCUT2D eigenvalue weighted by atomic mass is 10.1. The number of nitrogens with one attached hydrogen (secondary N) is 1. The zero-order chi connectivity index (χ0) is 29.9. The molecule has 0 unspecified atom stereocenters. The standard InChI is InChI=1S/C35H35N5O2S/c1-24(2)20-21-38-29-12-6-5-11-28(29)36-33(38)23-40-31-14-8-7-13-30(31)39(35(40)42)22-26-16-18-27(19-17-26)34(41)37-43-32-15-9-4-10-25(32)3/h4-19,24H,20-23H2,1-3H3,(H,37,41). The Morgan fingerprint density at radius 2 is 1.42 bits per heavy atom. The molecule has 2 heterocycles. The van der Waals surface area contributed by atoms with E-state index in [-0.39, 0.29) is 11.6 Å². The Labute approximate surface area is 255 Å². The maximum atomic E-state index is 13.9. The van der Waals surface area contributed by atoms with Gasteiger partial charge in [0.25, 0.3) is 5.91 Å². The van der Waals surface area contributed by atoms with E-state index in [2.05, 4.69) is 29.2 Å². The van der Waals surface area contributed by atoms with Crippen LogP contribution >= 0.6 is 11.9 Å². The number of benzene rings is 4. The second kappa shape index (κ2) is 12.4. The molecule has 8 heteroatoms. The summed E-state index contributed by atoms with van der Waals surface area (Å²) in [7, 11) is 0. The number of aryl methyl sites for hydroxylation is 2. The van der Waals surface area contributed by atoms with Crippen LogP contribution in [0.15, 0.2) is 107 Å². The highest BCUT2D eigenvalue weighted by Crippen LogP contribution is 2.22. The predicted molar refractivity (Wildman–Crippen MR) is 175 cm³/mol. The summed E-state index contributed by atoms with van der Waals surface area (Å²) >= 11 is 1.32. The molecule has 0 radical (unpaired) electrons. The number of rotatable bonds is 10. The van der Waals surface area contributed by atoms with Gasteiger partial charge in [0.1, 0.15) is 5.82 Å². The van der Waals surface area contributed by atoms with Gasteiger partial charge in [-0.15, -0.1) is 0 Å². The Morgan fingerprint density at radius 1 is 0.791 bits per heavy atom. The first kappa shape index (κ1) is 28.6. The molecule has 1 amide bonds. The van der Waals surface area contributed by atoms with Gasteiger partial charge in [-0.3, -0.25) is 18.7 Å². The predicted octanol–water partition coefficient (Wildman–Crippen LogP) is 7.04. The van der Waals surface area contributed by atoms with Crippen molar-refractivity contribution in [2.75, 3.05) is 0 Å². The largest absolute Gasteiger partial charge is 0.329 e. The molecule has 2 aromatic heterocycles. The first-order valence-electron chi connectivity index (χ1n) is 14.6. The molecule has 0 aliphatic heterocycles. The Balaban J connectivity index is 1.26. The van der Waals surface area contributed by atoms with E-state index >= 15 is 0 Å². The van der Waals surface area contributed by atoms with Gasteiger partial charge in [0.15, 0.2) is 0 Å². The number of aromatic nitrogens is 4. The van der Waals surface area contributed by atoms with Gasteiger partial charge in [0.05, 0.1) is 35.2 Å². The van der Waals surface area contributed by atoms with Crippen LogP contribution in [0.25, 0.3) is 22.1 Å². The number of carbonyl (C=O) groups is 1. The Morgan fingerprint density at radius 3 is 2.12 bits per heavy atom. The molecule has 218 valence electrons. The van der Waals surface area contributed by atoms with Crippen molar-refractivity contribution in [1.29, 1.82) is 0 Å². The fraction of sp³-hybridized carbons (Fsp3) is 0.229. The molecule has 7 nitrogen and oxygen atoms in total. The van der Waals surface area contributed by atoms with Crippen LogP contribution in [0.3, 0.4) is 0 Å². The van der Waals surface area contributed by atoms with E-state index in [4.69, 9.17) is 4.98 Å². The molecule has 6 aromatic rings. The second-order valence-electron chi connectivity index (χ2n) is 11.3. The van der Waals surface area contributed by atoms with Crippen molar-refractivity contribution >= 4 is 39.9 Å². The first-order chi connectivity index (χ1) is 20.9. The molecule has 0 saturated heterocycles. The van der Waals surface area contributed by atoms with Gasteiger partial charge in [0, 0.05) is 17.0 Å². The van der Waals surface area contributed by atoms with Gasteiger partial charge >= 0.3 is 5.69 Å². The van der Waals surface area contributed by atoms with Crippen molar-refractivity contribution in [3.05, 3.63) is 130 Å². The van der Waals surface area contributed by atoms with Crippen molar-refractivity contribution in [2.45, 2.75) is 51.7 Å². The monoisotopic (exact) mass is 589 g/mol. The van der Waals surface area contributed by atoms with Crippen LogP contribution in [-0.2, 0) is 19.6 Å². The summed E-state index contributed by atoms with van der Waals surface area (Å²) in [4.78, 5) is 32.7. The molecular formula is C35H35N5O2S. The molecule has 0 fully saturated rings. The van der Waals surface area contributed by atoms with Crippen LogP contribution in [0, 0.1) is 12.8 Å². The van der Waals surface area contributed by atoms with Crippen LogP contribution in [0.1, 0.15) is 47.6 Å². The Bertz CT molecular complexity index is 1970. The second-order valence-corrected chi connectivity index (χ2v) is 12.1. The summed E-state index contributed by atoms with van der Waals surface area (Å²) < 4.78 is 8.82. The molecule has 0 aliphatic rings. The normalized spacial score (nSPS) is 11.5. The minimum absolute atomic E-state index is 0.0832. The van der Waals surface area contributed by atoms with E-state index in [0.29, 0.717) is 24.6 Å². The number of hydrogen-bond acceptors (Lipinski definition) is 4. The fourth-order valence-corrected chi connectivity index (χ4v) is 6.07. The highest BCUT2D eigenvalue weighted by Gasteiger charge is 2.18. The maximum Gasteiger partial charge on any atom is 0.329 e. The molecular weight excluding hydrogens is 554 g/mol. The average molecular weight is 590 g/mol. The highest BCUT2D eigenvalue weighted by atomic mass is 32.2. The lowest BCUT2D eigenvalue weighted by molar-refractivity contribution is 0.0984. The van der Waals surface area contributed by atoms with E-state index in [1.54, 1.807) is 4.57 Å². The molecule has 0 atom stereocenters. The third kappa shape index (κ3) is 6.01. The minimum Gasteiger partial charge on any atom is -0.326 e. The smallest absolute Gasteiger partial charge is 0.326 e. The fourth-order valence-electron chi connectivity index (χ4n) is 5.38. The van der Waals surface area contributed by atoms with Gasteiger partial charge in [0.2, 0.25) is 0 Å².